The van der Waals surface area contributed by atoms with E-state index < -0.39 is 0 Å². The molecule has 0 atom stereocenters. The maximum atomic E-state index is 12.9. The molecule has 8 aromatic carbocycles. The van der Waals surface area contributed by atoms with Crippen molar-refractivity contribution in [1.29, 1.82) is 5.26 Å². The van der Waals surface area contributed by atoms with Gasteiger partial charge in [-0.2, -0.15) is 5.26 Å². The fourth-order valence-corrected chi connectivity index (χ4v) is 12.5. The van der Waals surface area contributed by atoms with Gasteiger partial charge in [-0.25, -0.2) is 0 Å². The van der Waals surface area contributed by atoms with E-state index in [2.05, 4.69) is 235 Å². The molecule has 0 spiro atoms. The lowest BCUT2D eigenvalue weighted by Crippen LogP contribution is -2.19. The minimum Gasteiger partial charge on any atom is -0.306 e. The number of allylic oxidation sites excluding steroid dienone is 2. The number of fused-ring (bicyclic) bond motifs is 15. The number of nitrogens with zero attached hydrogens (tertiary/aromatic N) is 8. The molecule has 0 N–H and O–H groups in total. The standard InChI is InChI=1S/C66H40N8/c67-40-49-62(70-50-29-11-4-21-42(50)43-22-5-12-30-51(43)70)64(73-56-34-16-9-26-47(56)60-58(73)36-18-38-68-60)66(72-54-28-3-1-2-20-41(54)46-25-8-15-33-55(46)72)65(74-57-35-17-10-27-48(57)61-59(74)37-19-39-69-61)63(49)71-52-31-13-6-23-44(52)45-24-7-14-32-53(45)71/h2-39H,1H2. The van der Waals surface area contributed by atoms with E-state index >= 15 is 0 Å². The summed E-state index contributed by atoms with van der Waals surface area (Å²) in [6, 6.07) is 71.9. The molecule has 8 heteroatoms. The maximum Gasteiger partial charge on any atom is 0.105 e. The van der Waals surface area contributed by atoms with Crippen molar-refractivity contribution in [3.63, 3.8) is 0 Å². The van der Waals surface area contributed by atoms with Crippen LogP contribution in [0.2, 0.25) is 0 Å². The van der Waals surface area contributed by atoms with E-state index in [1.54, 1.807) is 0 Å². The summed E-state index contributed by atoms with van der Waals surface area (Å²) in [7, 11) is 0. The van der Waals surface area contributed by atoms with Crippen molar-refractivity contribution in [2.75, 3.05) is 0 Å². The van der Waals surface area contributed by atoms with Crippen LogP contribution >= 0.6 is 0 Å². The molecule has 1 aliphatic carbocycles. The molecule has 74 heavy (non-hydrogen) atoms. The smallest absolute Gasteiger partial charge is 0.105 e. The topological polar surface area (TPSA) is 74.2 Å². The predicted octanol–water partition coefficient (Wildman–Crippen LogP) is 16.1. The van der Waals surface area contributed by atoms with Crippen LogP contribution in [0.1, 0.15) is 23.2 Å². The molecule has 0 amide bonds. The van der Waals surface area contributed by atoms with Crippen LogP contribution in [0.5, 0.6) is 0 Å². The molecule has 15 aromatic rings. The second-order valence-electron chi connectivity index (χ2n) is 19.1. The summed E-state index contributed by atoms with van der Waals surface area (Å²) in [5, 5.41) is 20.4. The first-order chi connectivity index (χ1) is 36.8. The zero-order valence-electron chi connectivity index (χ0n) is 39.7. The maximum absolute atomic E-state index is 12.9. The highest BCUT2D eigenvalue weighted by Crippen LogP contribution is 2.51. The first-order valence-electron chi connectivity index (χ1n) is 25.1. The van der Waals surface area contributed by atoms with Crippen molar-refractivity contribution < 1.29 is 0 Å². The van der Waals surface area contributed by atoms with E-state index in [1.165, 1.54) is 0 Å². The van der Waals surface area contributed by atoms with Gasteiger partial charge in [0.1, 0.15) is 11.6 Å². The van der Waals surface area contributed by atoms with E-state index in [4.69, 9.17) is 9.97 Å². The fourth-order valence-electron chi connectivity index (χ4n) is 12.5. The minimum absolute atomic E-state index is 0.499. The zero-order chi connectivity index (χ0) is 48.6. The lowest BCUT2D eigenvalue weighted by atomic mass is 10.0. The van der Waals surface area contributed by atoms with Crippen LogP contribution < -0.4 is 0 Å². The van der Waals surface area contributed by atoms with Gasteiger partial charge in [0.2, 0.25) is 0 Å². The lowest BCUT2D eigenvalue weighted by molar-refractivity contribution is 0.975. The monoisotopic (exact) mass is 944 g/mol. The van der Waals surface area contributed by atoms with E-state index in [1.807, 2.05) is 24.5 Å². The summed E-state index contributed by atoms with van der Waals surface area (Å²) < 4.78 is 12.0. The average Bonchev–Trinajstić information content (AvgIpc) is 4.24. The van der Waals surface area contributed by atoms with Crippen molar-refractivity contribution in [3.8, 4) is 34.5 Å². The van der Waals surface area contributed by atoms with Crippen molar-refractivity contribution in [2.24, 2.45) is 0 Å². The molecule has 0 aliphatic heterocycles. The van der Waals surface area contributed by atoms with Crippen LogP contribution in [0, 0.1) is 11.3 Å². The van der Waals surface area contributed by atoms with Crippen molar-refractivity contribution in [2.45, 2.75) is 6.42 Å². The summed E-state index contributed by atoms with van der Waals surface area (Å²) >= 11 is 0. The summed E-state index contributed by atoms with van der Waals surface area (Å²) in [5.41, 5.74) is 17.1. The molecule has 16 rings (SSSR count). The fraction of sp³-hybridized carbons (Fsp3) is 0.0152. The highest BCUT2D eigenvalue weighted by atomic mass is 15.2. The number of pyridine rings is 2. The van der Waals surface area contributed by atoms with E-state index in [0.717, 1.165) is 145 Å². The van der Waals surface area contributed by atoms with Crippen LogP contribution in [0.25, 0.3) is 139 Å². The van der Waals surface area contributed by atoms with Crippen molar-refractivity contribution >= 4 is 111 Å². The Morgan fingerprint density at radius 3 is 1.08 bits per heavy atom. The Morgan fingerprint density at radius 2 is 0.649 bits per heavy atom. The number of hydrogen-bond donors (Lipinski definition) is 0. The Bertz CT molecular complexity index is 4550. The van der Waals surface area contributed by atoms with Gasteiger partial charge in [0.05, 0.1) is 94.8 Å². The van der Waals surface area contributed by atoms with Gasteiger partial charge >= 0.3 is 0 Å². The molecular formula is C66H40N8. The molecule has 1 aliphatic rings. The Morgan fingerprint density at radius 1 is 0.324 bits per heavy atom. The highest BCUT2D eigenvalue weighted by Gasteiger charge is 2.36. The normalized spacial score (nSPS) is 12.7. The van der Waals surface area contributed by atoms with Gasteiger partial charge in [-0.05, 0) is 79.2 Å². The number of nitriles is 1. The number of hydrogen-bond acceptors (Lipinski definition) is 3. The Labute approximate surface area is 423 Å². The second-order valence-corrected chi connectivity index (χ2v) is 19.1. The third kappa shape index (κ3) is 5.34. The van der Waals surface area contributed by atoms with Gasteiger partial charge in [0, 0.05) is 55.7 Å². The molecule has 0 saturated carbocycles. The zero-order valence-corrected chi connectivity index (χ0v) is 39.7. The molecule has 0 bridgehead atoms. The number of benzene rings is 8. The number of para-hydroxylation sites is 7. The van der Waals surface area contributed by atoms with Crippen molar-refractivity contribution in [1.82, 2.24) is 32.8 Å². The lowest BCUT2D eigenvalue weighted by Gasteiger charge is -2.30. The van der Waals surface area contributed by atoms with Gasteiger partial charge in [0.15, 0.2) is 0 Å². The summed E-state index contributed by atoms with van der Waals surface area (Å²) in [6.07, 6.45) is 13.6. The van der Waals surface area contributed by atoms with Crippen LogP contribution in [0.4, 0.5) is 0 Å². The molecule has 7 heterocycles. The molecular weight excluding hydrogens is 905 g/mol. The predicted molar refractivity (Wildman–Crippen MR) is 304 cm³/mol. The molecule has 0 saturated heterocycles. The highest BCUT2D eigenvalue weighted by molar-refractivity contribution is 6.16. The quantitative estimate of drug-likeness (QED) is 0.172. The van der Waals surface area contributed by atoms with Gasteiger partial charge in [-0.15, -0.1) is 0 Å². The first kappa shape index (κ1) is 40.5. The first-order valence-corrected chi connectivity index (χ1v) is 25.1. The third-order valence-corrected chi connectivity index (χ3v) is 15.4. The number of aromatic nitrogens is 7. The summed E-state index contributed by atoms with van der Waals surface area (Å²) in [4.78, 5) is 10.3. The molecule has 0 unspecified atom stereocenters. The molecule has 344 valence electrons. The Hall–Kier alpha value is -10.2. The van der Waals surface area contributed by atoms with Crippen LogP contribution in [0.3, 0.4) is 0 Å². The van der Waals surface area contributed by atoms with E-state index in [0.29, 0.717) is 5.56 Å². The Balaban J connectivity index is 1.31. The van der Waals surface area contributed by atoms with Gasteiger partial charge in [-0.1, -0.05) is 146 Å². The summed E-state index contributed by atoms with van der Waals surface area (Å²) in [5.74, 6) is 0. The minimum atomic E-state index is 0.499. The molecule has 7 aromatic heterocycles. The molecule has 8 nitrogen and oxygen atoms in total. The average molecular weight is 945 g/mol. The van der Waals surface area contributed by atoms with Gasteiger partial charge in [-0.3, -0.25) is 9.97 Å². The summed E-state index contributed by atoms with van der Waals surface area (Å²) in [6.45, 7) is 0. The van der Waals surface area contributed by atoms with Gasteiger partial charge < -0.3 is 22.8 Å². The molecule has 0 radical (unpaired) electrons. The van der Waals surface area contributed by atoms with E-state index in [-0.39, 0.29) is 0 Å². The van der Waals surface area contributed by atoms with Crippen LogP contribution in [0.15, 0.2) is 219 Å². The SMILES string of the molecule is N#Cc1c(-n2c3ccccc3c3ccccc32)c(-n2c3ccccc3c3ncccc32)c(-n2c3c(c4ccccc42)C=CCC=C3)c(-n2c3ccccc3c3ncccc32)c1-n1c2ccccc2c2ccccc21. The van der Waals surface area contributed by atoms with Crippen LogP contribution in [-0.4, -0.2) is 32.8 Å². The third-order valence-electron chi connectivity index (χ3n) is 15.4. The van der Waals surface area contributed by atoms with Crippen LogP contribution in [-0.2, 0) is 0 Å². The molecule has 0 fully saturated rings. The Kier molecular flexibility index (Phi) is 8.42. The largest absolute Gasteiger partial charge is 0.306 e. The van der Waals surface area contributed by atoms with Crippen molar-refractivity contribution in [3.05, 3.63) is 235 Å². The van der Waals surface area contributed by atoms with E-state index in [9.17, 15) is 5.26 Å². The number of rotatable bonds is 5. The second kappa shape index (κ2) is 15.4. The van der Waals surface area contributed by atoms with Gasteiger partial charge in [0.25, 0.3) is 0 Å².